The lowest BCUT2D eigenvalue weighted by Gasteiger charge is -2.12. The first kappa shape index (κ1) is 13.1. The normalized spacial score (nSPS) is 12.6. The Morgan fingerprint density at radius 3 is 2.45 bits per heavy atom. The van der Waals surface area contributed by atoms with E-state index in [1.165, 1.54) is 0 Å². The molecule has 0 aliphatic heterocycles. The summed E-state index contributed by atoms with van der Waals surface area (Å²) in [7, 11) is 0. The summed E-state index contributed by atoms with van der Waals surface area (Å²) in [6, 6.07) is 17.3. The second kappa shape index (κ2) is 5.23. The highest BCUT2D eigenvalue weighted by molar-refractivity contribution is 6.30. The Bertz CT molecular complexity index is 751. The minimum Gasteiger partial charge on any atom is -0.389 e. The number of halogens is 1. The molecular weight excluding hydrogens is 270 g/mol. The van der Waals surface area contributed by atoms with Gasteiger partial charge in [-0.1, -0.05) is 41.9 Å². The lowest BCUT2D eigenvalue weighted by Crippen LogP contribution is -1.96. The van der Waals surface area contributed by atoms with E-state index in [4.69, 9.17) is 11.6 Å². The molecular formula is C17H14ClNO. The van der Waals surface area contributed by atoms with Crippen LogP contribution in [0.2, 0.25) is 5.02 Å². The molecule has 2 aromatic carbocycles. The van der Waals surface area contributed by atoms with Gasteiger partial charge in [0.1, 0.15) is 0 Å². The zero-order valence-electron chi connectivity index (χ0n) is 11.0. The summed E-state index contributed by atoms with van der Waals surface area (Å²) >= 11 is 5.92. The first-order valence-corrected chi connectivity index (χ1v) is 6.86. The number of nitrogens with zero attached hydrogens (tertiary/aromatic N) is 1. The highest BCUT2D eigenvalue weighted by atomic mass is 35.5. The van der Waals surface area contributed by atoms with E-state index in [0.29, 0.717) is 5.02 Å². The minimum absolute atomic E-state index is 0.533. The summed E-state index contributed by atoms with van der Waals surface area (Å²) in [4.78, 5) is 4.66. The number of hydrogen-bond donors (Lipinski definition) is 1. The third-order valence-electron chi connectivity index (χ3n) is 3.34. The summed E-state index contributed by atoms with van der Waals surface area (Å²) in [6.45, 7) is 1.77. The first-order chi connectivity index (χ1) is 9.65. The van der Waals surface area contributed by atoms with Crippen molar-refractivity contribution >= 4 is 22.5 Å². The quantitative estimate of drug-likeness (QED) is 0.745. The molecule has 20 heavy (non-hydrogen) atoms. The zero-order valence-corrected chi connectivity index (χ0v) is 11.8. The van der Waals surface area contributed by atoms with E-state index >= 15 is 0 Å². The molecule has 0 aliphatic carbocycles. The Kier molecular flexibility index (Phi) is 3.43. The van der Waals surface area contributed by atoms with E-state index in [-0.39, 0.29) is 0 Å². The summed E-state index contributed by atoms with van der Waals surface area (Å²) in [6.07, 6.45) is -0.533. The zero-order chi connectivity index (χ0) is 14.1. The summed E-state index contributed by atoms with van der Waals surface area (Å²) < 4.78 is 0. The molecule has 1 atom stereocenters. The van der Waals surface area contributed by atoms with Gasteiger partial charge in [-0.2, -0.15) is 0 Å². The number of benzene rings is 2. The minimum atomic E-state index is -0.533. The van der Waals surface area contributed by atoms with Gasteiger partial charge in [0, 0.05) is 16.0 Å². The Hall–Kier alpha value is -1.90. The van der Waals surface area contributed by atoms with Crippen molar-refractivity contribution in [1.82, 2.24) is 4.98 Å². The number of aliphatic hydroxyl groups is 1. The lowest BCUT2D eigenvalue weighted by molar-refractivity contribution is 0.201. The van der Waals surface area contributed by atoms with Gasteiger partial charge < -0.3 is 5.11 Å². The van der Waals surface area contributed by atoms with Crippen molar-refractivity contribution in [3.05, 3.63) is 65.2 Å². The molecule has 3 aromatic rings. The van der Waals surface area contributed by atoms with Crippen molar-refractivity contribution in [2.24, 2.45) is 0 Å². The Balaban J connectivity index is 2.24. The van der Waals surface area contributed by atoms with Crippen molar-refractivity contribution in [3.63, 3.8) is 0 Å². The van der Waals surface area contributed by atoms with E-state index in [0.717, 1.165) is 27.7 Å². The Morgan fingerprint density at radius 2 is 1.75 bits per heavy atom. The molecule has 3 rings (SSSR count). The predicted molar refractivity (Wildman–Crippen MR) is 82.8 cm³/mol. The van der Waals surface area contributed by atoms with E-state index in [1.807, 2.05) is 54.6 Å². The van der Waals surface area contributed by atoms with Crippen LogP contribution >= 0.6 is 11.6 Å². The van der Waals surface area contributed by atoms with Crippen LogP contribution in [0.15, 0.2) is 54.6 Å². The maximum Gasteiger partial charge on any atom is 0.0769 e. The van der Waals surface area contributed by atoms with Gasteiger partial charge in [0.15, 0.2) is 0 Å². The maximum atomic E-state index is 9.99. The Morgan fingerprint density at radius 1 is 1.05 bits per heavy atom. The molecule has 0 radical (unpaired) electrons. The lowest BCUT2D eigenvalue weighted by atomic mass is 10.0. The fourth-order valence-corrected chi connectivity index (χ4v) is 2.44. The number of rotatable bonds is 2. The van der Waals surface area contributed by atoms with E-state index in [2.05, 4.69) is 4.98 Å². The van der Waals surface area contributed by atoms with Gasteiger partial charge in [-0.25, -0.2) is 4.98 Å². The van der Waals surface area contributed by atoms with Crippen LogP contribution in [-0.4, -0.2) is 10.1 Å². The van der Waals surface area contributed by atoms with Crippen LogP contribution in [0.4, 0.5) is 0 Å². The topological polar surface area (TPSA) is 33.1 Å². The smallest absolute Gasteiger partial charge is 0.0769 e. The second-order valence-electron chi connectivity index (χ2n) is 4.80. The number of pyridine rings is 1. The number of aliphatic hydroxyl groups excluding tert-OH is 1. The molecule has 1 heterocycles. The highest BCUT2D eigenvalue weighted by Crippen LogP contribution is 2.29. The van der Waals surface area contributed by atoms with Crippen molar-refractivity contribution in [3.8, 4) is 11.3 Å². The average Bonchev–Trinajstić information content (AvgIpc) is 2.46. The van der Waals surface area contributed by atoms with Crippen molar-refractivity contribution in [1.29, 1.82) is 0 Å². The molecule has 1 aromatic heterocycles. The van der Waals surface area contributed by atoms with Crippen molar-refractivity contribution < 1.29 is 5.11 Å². The van der Waals surface area contributed by atoms with Crippen LogP contribution in [0, 0.1) is 0 Å². The van der Waals surface area contributed by atoms with Crippen LogP contribution in [0.5, 0.6) is 0 Å². The largest absolute Gasteiger partial charge is 0.389 e. The van der Waals surface area contributed by atoms with Gasteiger partial charge in [0.25, 0.3) is 0 Å². The van der Waals surface area contributed by atoms with Gasteiger partial charge in [-0.05, 0) is 36.8 Å². The van der Waals surface area contributed by atoms with E-state index < -0.39 is 6.10 Å². The highest BCUT2D eigenvalue weighted by Gasteiger charge is 2.10. The number of hydrogen-bond acceptors (Lipinski definition) is 2. The molecule has 0 spiro atoms. The monoisotopic (exact) mass is 283 g/mol. The van der Waals surface area contributed by atoms with Crippen LogP contribution in [0.1, 0.15) is 18.6 Å². The van der Waals surface area contributed by atoms with Gasteiger partial charge in [0.05, 0.1) is 17.3 Å². The van der Waals surface area contributed by atoms with Crippen LogP contribution < -0.4 is 0 Å². The van der Waals surface area contributed by atoms with Gasteiger partial charge in [-0.15, -0.1) is 0 Å². The molecule has 0 unspecified atom stereocenters. The molecule has 0 bridgehead atoms. The van der Waals surface area contributed by atoms with E-state index in [9.17, 15) is 5.11 Å². The van der Waals surface area contributed by atoms with Crippen molar-refractivity contribution in [2.45, 2.75) is 13.0 Å². The summed E-state index contributed by atoms with van der Waals surface area (Å²) in [5.74, 6) is 0. The van der Waals surface area contributed by atoms with Gasteiger partial charge in [-0.3, -0.25) is 0 Å². The average molecular weight is 284 g/mol. The second-order valence-corrected chi connectivity index (χ2v) is 5.23. The van der Waals surface area contributed by atoms with Crippen LogP contribution in [0.3, 0.4) is 0 Å². The number of fused-ring (bicyclic) bond motifs is 1. The Labute approximate surface area is 122 Å². The molecule has 1 N–H and O–H groups in total. The fraction of sp³-hybridized carbons (Fsp3) is 0.118. The standard InChI is InChI=1S/C17H14ClNO/c1-11(20)15-10-17(12-6-8-13(18)9-7-12)19-16-5-3-2-4-14(15)16/h2-11,20H,1H3/t11-/m1/s1. The van der Waals surface area contributed by atoms with Gasteiger partial charge >= 0.3 is 0 Å². The summed E-state index contributed by atoms with van der Waals surface area (Å²) in [5, 5.41) is 11.7. The predicted octanol–water partition coefficient (Wildman–Crippen LogP) is 4.61. The fourth-order valence-electron chi connectivity index (χ4n) is 2.32. The maximum absolute atomic E-state index is 9.99. The molecule has 2 nitrogen and oxygen atoms in total. The molecule has 3 heteroatoms. The number of para-hydroxylation sites is 1. The SMILES string of the molecule is C[C@@H](O)c1cc(-c2ccc(Cl)cc2)nc2ccccc12. The third-order valence-corrected chi connectivity index (χ3v) is 3.59. The van der Waals surface area contributed by atoms with E-state index in [1.54, 1.807) is 6.92 Å². The molecule has 0 aliphatic rings. The molecule has 100 valence electrons. The molecule has 0 amide bonds. The third kappa shape index (κ3) is 2.40. The summed E-state index contributed by atoms with van der Waals surface area (Å²) in [5.41, 5.74) is 3.61. The number of aromatic nitrogens is 1. The first-order valence-electron chi connectivity index (χ1n) is 6.49. The molecule has 0 saturated heterocycles. The van der Waals surface area contributed by atoms with Gasteiger partial charge in [0.2, 0.25) is 0 Å². The van der Waals surface area contributed by atoms with Crippen LogP contribution in [-0.2, 0) is 0 Å². The van der Waals surface area contributed by atoms with Crippen molar-refractivity contribution in [2.75, 3.05) is 0 Å². The van der Waals surface area contributed by atoms with Crippen LogP contribution in [0.25, 0.3) is 22.2 Å². The molecule has 0 fully saturated rings. The molecule has 0 saturated carbocycles.